The van der Waals surface area contributed by atoms with Crippen LogP contribution < -0.4 is 10.1 Å². The van der Waals surface area contributed by atoms with Crippen LogP contribution in [0.4, 0.5) is 0 Å². The van der Waals surface area contributed by atoms with Crippen LogP contribution in [0.2, 0.25) is 0 Å². The zero-order valence-corrected chi connectivity index (χ0v) is 24.1. The van der Waals surface area contributed by atoms with Crippen LogP contribution in [0.5, 0.6) is 5.75 Å². The summed E-state index contributed by atoms with van der Waals surface area (Å²) in [5.74, 6) is -0.213. The third-order valence-electron chi connectivity index (χ3n) is 5.63. The fourth-order valence-corrected chi connectivity index (χ4v) is 5.39. The number of hydrogen-bond donors (Lipinski definition) is 1. The molecular formula is C27H23Cl3N2O4S2. The predicted molar refractivity (Wildman–Crippen MR) is 159 cm³/mol. The van der Waals surface area contributed by atoms with Crippen LogP contribution >= 0.6 is 58.8 Å². The van der Waals surface area contributed by atoms with Crippen molar-refractivity contribution in [2.75, 3.05) is 20.3 Å². The Morgan fingerprint density at radius 1 is 1.11 bits per heavy atom. The van der Waals surface area contributed by atoms with E-state index in [2.05, 4.69) is 5.32 Å². The Bertz CT molecular complexity index is 1370. The SMILES string of the molecule is COCCCN1C(=O)/C(=C/c2ccc(O[C@@H](NC(=O)c3cccc4ccccc34)C(Cl)(Cl)Cl)cc2)SC1=S. The Kier molecular flexibility index (Phi) is 9.57. The molecule has 0 aliphatic carbocycles. The third-order valence-corrected chi connectivity index (χ3v) is 7.60. The Balaban J connectivity index is 1.46. The van der Waals surface area contributed by atoms with Crippen LogP contribution in [-0.2, 0) is 9.53 Å². The summed E-state index contributed by atoms with van der Waals surface area (Å²) in [4.78, 5) is 27.9. The van der Waals surface area contributed by atoms with Gasteiger partial charge in [-0.25, -0.2) is 0 Å². The maximum atomic E-state index is 13.1. The fraction of sp³-hybridized carbons (Fsp3) is 0.222. The lowest BCUT2D eigenvalue weighted by molar-refractivity contribution is -0.122. The lowest BCUT2D eigenvalue weighted by Gasteiger charge is -2.26. The molecule has 0 aromatic heterocycles. The number of carbonyl (C=O) groups excluding carboxylic acids is 2. The topological polar surface area (TPSA) is 67.9 Å². The third kappa shape index (κ3) is 7.00. The van der Waals surface area contributed by atoms with Crippen molar-refractivity contribution in [3.8, 4) is 5.75 Å². The second-order valence-corrected chi connectivity index (χ2v) is 12.3. The van der Waals surface area contributed by atoms with Gasteiger partial charge in [0.05, 0.1) is 4.91 Å². The van der Waals surface area contributed by atoms with E-state index in [9.17, 15) is 9.59 Å². The van der Waals surface area contributed by atoms with Crippen molar-refractivity contribution >= 4 is 91.8 Å². The quantitative estimate of drug-likeness (QED) is 0.0972. The van der Waals surface area contributed by atoms with Gasteiger partial charge in [0.25, 0.3) is 11.8 Å². The second kappa shape index (κ2) is 12.7. The number of hydrogen-bond acceptors (Lipinski definition) is 6. The van der Waals surface area contributed by atoms with E-state index in [0.717, 1.165) is 16.3 Å². The molecule has 0 saturated carbocycles. The molecule has 1 N–H and O–H groups in total. The maximum absolute atomic E-state index is 13.1. The highest BCUT2D eigenvalue weighted by Crippen LogP contribution is 2.34. The summed E-state index contributed by atoms with van der Waals surface area (Å²) < 4.78 is 9.48. The highest BCUT2D eigenvalue weighted by atomic mass is 35.6. The summed E-state index contributed by atoms with van der Waals surface area (Å²) in [6.45, 7) is 1.06. The first kappa shape index (κ1) is 28.7. The van der Waals surface area contributed by atoms with E-state index in [0.29, 0.717) is 40.1 Å². The number of alkyl halides is 3. The minimum atomic E-state index is -1.95. The molecule has 0 bridgehead atoms. The average Bonchev–Trinajstić information content (AvgIpc) is 3.15. The van der Waals surface area contributed by atoms with E-state index in [1.807, 2.05) is 30.3 Å². The van der Waals surface area contributed by atoms with Crippen molar-refractivity contribution in [3.63, 3.8) is 0 Å². The van der Waals surface area contributed by atoms with E-state index >= 15 is 0 Å². The molecule has 1 atom stereocenters. The van der Waals surface area contributed by atoms with Crippen molar-refractivity contribution in [3.05, 3.63) is 82.8 Å². The molecule has 2 amide bonds. The number of nitrogens with one attached hydrogen (secondary N) is 1. The van der Waals surface area contributed by atoms with Crippen LogP contribution in [-0.4, -0.2) is 51.3 Å². The van der Waals surface area contributed by atoms with Crippen molar-refractivity contribution < 1.29 is 19.1 Å². The fourth-order valence-electron chi connectivity index (χ4n) is 3.79. The van der Waals surface area contributed by atoms with Crippen LogP contribution in [0.1, 0.15) is 22.3 Å². The molecule has 38 heavy (non-hydrogen) atoms. The average molecular weight is 610 g/mol. The standard InChI is InChI=1S/C27H23Cl3N2O4S2/c1-35-15-5-14-32-24(34)22(38-26(32)37)16-17-10-12-19(13-11-17)36-25(27(28,29)30)31-23(33)21-9-4-7-18-6-2-3-8-20(18)21/h2-4,6-13,16,25H,5,14-15H2,1H3,(H,31,33)/b22-16-/t25-/m1/s1. The van der Waals surface area contributed by atoms with Gasteiger partial charge in [0, 0.05) is 25.8 Å². The predicted octanol–water partition coefficient (Wildman–Crippen LogP) is 6.58. The van der Waals surface area contributed by atoms with Crippen LogP contribution in [0, 0.1) is 0 Å². The molecule has 11 heteroatoms. The maximum Gasteiger partial charge on any atom is 0.266 e. The molecular weight excluding hydrogens is 587 g/mol. The summed E-state index contributed by atoms with van der Waals surface area (Å²) in [5.41, 5.74) is 1.20. The number of methoxy groups -OCH3 is 1. The number of thioether (sulfide) groups is 1. The van der Waals surface area contributed by atoms with E-state index < -0.39 is 15.9 Å². The minimum absolute atomic E-state index is 0.135. The summed E-state index contributed by atoms with van der Waals surface area (Å²) in [7, 11) is 1.62. The molecule has 4 rings (SSSR count). The molecule has 1 fully saturated rings. The van der Waals surface area contributed by atoms with Crippen LogP contribution in [0.3, 0.4) is 0 Å². The number of thiocarbonyl (C=S) groups is 1. The number of ether oxygens (including phenoxy) is 2. The van der Waals surface area contributed by atoms with Crippen LogP contribution in [0.25, 0.3) is 16.8 Å². The Morgan fingerprint density at radius 3 is 2.53 bits per heavy atom. The van der Waals surface area contributed by atoms with Gasteiger partial charge in [-0.2, -0.15) is 0 Å². The van der Waals surface area contributed by atoms with Crippen molar-refractivity contribution in [1.82, 2.24) is 10.2 Å². The van der Waals surface area contributed by atoms with Gasteiger partial charge in [0.15, 0.2) is 0 Å². The molecule has 1 saturated heterocycles. The lowest BCUT2D eigenvalue weighted by atomic mass is 10.0. The van der Waals surface area contributed by atoms with Crippen LogP contribution in [0.15, 0.2) is 71.6 Å². The van der Waals surface area contributed by atoms with Gasteiger partial charge in [0.1, 0.15) is 10.1 Å². The number of rotatable bonds is 9. The molecule has 1 aliphatic heterocycles. The first-order valence-corrected chi connectivity index (χ1v) is 13.9. The molecule has 1 aliphatic rings. The molecule has 0 radical (unpaired) electrons. The molecule has 0 unspecified atom stereocenters. The molecule has 3 aromatic rings. The first-order chi connectivity index (χ1) is 18.2. The molecule has 1 heterocycles. The smallest absolute Gasteiger partial charge is 0.266 e. The molecule has 198 valence electrons. The number of benzene rings is 3. The second-order valence-electron chi connectivity index (χ2n) is 8.29. The number of amides is 2. The van der Waals surface area contributed by atoms with Gasteiger partial charge in [-0.1, -0.05) is 107 Å². The summed E-state index contributed by atoms with van der Waals surface area (Å²) in [5, 5.41) is 4.36. The van der Waals surface area contributed by atoms with E-state index in [-0.39, 0.29) is 5.91 Å². The Hall–Kier alpha value is -2.33. The number of fused-ring (bicyclic) bond motifs is 1. The lowest BCUT2D eigenvalue weighted by Crippen LogP contribution is -2.47. The van der Waals surface area contributed by atoms with Gasteiger partial charge < -0.3 is 14.8 Å². The molecule has 6 nitrogen and oxygen atoms in total. The van der Waals surface area contributed by atoms with Gasteiger partial charge in [-0.3, -0.25) is 14.5 Å². The van der Waals surface area contributed by atoms with Crippen molar-refractivity contribution in [2.45, 2.75) is 16.4 Å². The number of halogens is 3. The summed E-state index contributed by atoms with van der Waals surface area (Å²) >= 11 is 25.1. The largest absolute Gasteiger partial charge is 0.466 e. The van der Waals surface area contributed by atoms with E-state index in [1.165, 1.54) is 11.8 Å². The highest BCUT2D eigenvalue weighted by molar-refractivity contribution is 8.26. The van der Waals surface area contributed by atoms with Crippen molar-refractivity contribution in [1.29, 1.82) is 0 Å². The Labute approximate surface area is 245 Å². The Morgan fingerprint density at radius 2 is 1.82 bits per heavy atom. The van der Waals surface area contributed by atoms with Gasteiger partial charge in [-0.05, 0) is 47.0 Å². The zero-order valence-electron chi connectivity index (χ0n) is 20.2. The van der Waals surface area contributed by atoms with Crippen molar-refractivity contribution in [2.24, 2.45) is 0 Å². The molecule has 0 spiro atoms. The number of nitrogens with zero attached hydrogens (tertiary/aromatic N) is 1. The zero-order chi connectivity index (χ0) is 27.3. The van der Waals surface area contributed by atoms with E-state index in [1.54, 1.807) is 54.5 Å². The molecule has 3 aromatic carbocycles. The summed E-state index contributed by atoms with van der Waals surface area (Å²) in [6.07, 6.45) is 1.19. The minimum Gasteiger partial charge on any atom is -0.466 e. The summed E-state index contributed by atoms with van der Waals surface area (Å²) in [6, 6.07) is 19.7. The van der Waals surface area contributed by atoms with Gasteiger partial charge >= 0.3 is 0 Å². The highest BCUT2D eigenvalue weighted by Gasteiger charge is 2.37. The monoisotopic (exact) mass is 608 g/mol. The number of carbonyl (C=O) groups is 2. The van der Waals surface area contributed by atoms with E-state index in [4.69, 9.17) is 56.5 Å². The normalized spacial score (nSPS) is 15.8. The van der Waals surface area contributed by atoms with Gasteiger partial charge in [0.2, 0.25) is 10.0 Å². The van der Waals surface area contributed by atoms with Gasteiger partial charge in [-0.15, -0.1) is 0 Å². The first-order valence-electron chi connectivity index (χ1n) is 11.5.